The Bertz CT molecular complexity index is 520. The molecule has 0 saturated carbocycles. The molecule has 0 unspecified atom stereocenters. The lowest BCUT2D eigenvalue weighted by molar-refractivity contribution is 0.418. The molecule has 0 aliphatic carbocycles. The first-order valence-corrected chi connectivity index (χ1v) is 7.27. The molecule has 0 radical (unpaired) electrons. The van der Waals surface area contributed by atoms with Gasteiger partial charge in [-0.2, -0.15) is 8.78 Å². The van der Waals surface area contributed by atoms with Gasteiger partial charge in [-0.3, -0.25) is 0 Å². The molecule has 0 atom stereocenters. The van der Waals surface area contributed by atoms with E-state index in [1.54, 1.807) is 29.3 Å². The maximum Gasteiger partial charge on any atom is 0.266 e. The summed E-state index contributed by atoms with van der Waals surface area (Å²) in [5, 5.41) is 2.89. The fraction of sp³-hybridized carbons (Fsp3) is 0.154. The second kappa shape index (κ2) is 6.66. The molecule has 0 N–H and O–H groups in total. The quantitative estimate of drug-likeness (QED) is 0.561. The predicted octanol–water partition coefficient (Wildman–Crippen LogP) is 5.07. The smallest absolute Gasteiger partial charge is 0.245 e. The molecule has 1 aromatic carbocycles. The maximum absolute atomic E-state index is 11.9. The van der Waals surface area contributed by atoms with Gasteiger partial charge in [-0.1, -0.05) is 18.2 Å². The lowest BCUT2D eigenvalue weighted by atomic mass is 10.2. The Balaban J connectivity index is 2.07. The van der Waals surface area contributed by atoms with Crippen LogP contribution in [0.2, 0.25) is 0 Å². The summed E-state index contributed by atoms with van der Waals surface area (Å²) in [6.45, 7) is 0. The molecule has 0 fully saturated rings. The van der Waals surface area contributed by atoms with Gasteiger partial charge in [-0.05, 0) is 18.6 Å². The molecule has 0 aliphatic rings. The topological polar surface area (TPSA) is 12.9 Å². The predicted molar refractivity (Wildman–Crippen MR) is 73.2 cm³/mol. The van der Waals surface area contributed by atoms with Gasteiger partial charge in [0.25, 0.3) is 6.08 Å². The van der Waals surface area contributed by atoms with Crippen LogP contribution in [0.15, 0.2) is 52.9 Å². The van der Waals surface area contributed by atoms with Gasteiger partial charge in [0.05, 0.1) is 0 Å². The number of rotatable bonds is 5. The van der Waals surface area contributed by atoms with Crippen molar-refractivity contribution in [3.8, 4) is 10.6 Å². The molecule has 18 heavy (non-hydrogen) atoms. The number of hydrogen-bond donors (Lipinski definition) is 0. The van der Waals surface area contributed by atoms with Gasteiger partial charge in [-0.25, -0.2) is 4.98 Å². The number of nitrogens with zero attached hydrogens (tertiary/aromatic N) is 1. The second-order valence-electron chi connectivity index (χ2n) is 3.46. The molecule has 1 aromatic heterocycles. The molecule has 1 heterocycles. The van der Waals surface area contributed by atoms with Gasteiger partial charge < -0.3 is 0 Å². The third kappa shape index (κ3) is 3.65. The Kier molecular flexibility index (Phi) is 4.90. The minimum atomic E-state index is -1.61. The molecule has 1 nitrogen and oxygen atoms in total. The second-order valence-corrected chi connectivity index (χ2v) is 5.50. The van der Waals surface area contributed by atoms with Crippen LogP contribution < -0.4 is 0 Å². The van der Waals surface area contributed by atoms with Crippen molar-refractivity contribution < 1.29 is 8.78 Å². The first-order chi connectivity index (χ1) is 8.77. The Labute approximate surface area is 113 Å². The van der Waals surface area contributed by atoms with E-state index in [0.717, 1.165) is 21.5 Å². The van der Waals surface area contributed by atoms with Crippen LogP contribution in [0.3, 0.4) is 0 Å². The largest absolute Gasteiger partial charge is 0.266 e. The number of thiazole rings is 1. The fourth-order valence-electron chi connectivity index (χ4n) is 1.46. The number of aromatic nitrogens is 1. The number of allylic oxidation sites excluding steroid dienone is 1. The number of benzene rings is 1. The molecular weight excluding hydrogens is 272 g/mol. The van der Waals surface area contributed by atoms with Crippen molar-refractivity contribution in [1.29, 1.82) is 0 Å². The average molecular weight is 283 g/mol. The molecule has 5 heteroatoms. The van der Waals surface area contributed by atoms with Crippen LogP contribution in [0.4, 0.5) is 8.78 Å². The Morgan fingerprint density at radius 1 is 1.33 bits per heavy atom. The summed E-state index contributed by atoms with van der Waals surface area (Å²) in [7, 11) is 0. The molecule has 0 spiro atoms. The normalized spacial score (nSPS) is 10.3. The molecule has 0 amide bonds. The molecule has 94 valence electrons. The van der Waals surface area contributed by atoms with E-state index in [1.807, 2.05) is 29.6 Å². The van der Waals surface area contributed by atoms with Gasteiger partial charge in [0, 0.05) is 27.8 Å². The van der Waals surface area contributed by atoms with Crippen LogP contribution in [-0.4, -0.2) is 10.7 Å². The van der Waals surface area contributed by atoms with Gasteiger partial charge in [-0.15, -0.1) is 23.1 Å². The number of hydrogen-bond acceptors (Lipinski definition) is 3. The van der Waals surface area contributed by atoms with Gasteiger partial charge >= 0.3 is 0 Å². The van der Waals surface area contributed by atoms with Crippen molar-refractivity contribution in [1.82, 2.24) is 4.98 Å². The van der Waals surface area contributed by atoms with E-state index in [-0.39, 0.29) is 0 Å². The summed E-state index contributed by atoms with van der Waals surface area (Å²) >= 11 is 3.15. The van der Waals surface area contributed by atoms with Gasteiger partial charge in [0.15, 0.2) is 0 Å². The zero-order chi connectivity index (χ0) is 12.8. The number of thioether (sulfide) groups is 1. The highest BCUT2D eigenvalue weighted by Gasteiger charge is 2.06. The van der Waals surface area contributed by atoms with Gasteiger partial charge in [0.1, 0.15) is 5.01 Å². The highest BCUT2D eigenvalue weighted by atomic mass is 32.2. The van der Waals surface area contributed by atoms with Crippen LogP contribution in [0.5, 0.6) is 0 Å². The van der Waals surface area contributed by atoms with E-state index < -0.39 is 6.08 Å². The minimum absolute atomic E-state index is 0.374. The highest BCUT2D eigenvalue weighted by molar-refractivity contribution is 7.99. The third-order valence-electron chi connectivity index (χ3n) is 2.22. The van der Waals surface area contributed by atoms with Crippen molar-refractivity contribution in [2.24, 2.45) is 0 Å². The van der Waals surface area contributed by atoms with E-state index in [1.165, 1.54) is 0 Å². The minimum Gasteiger partial charge on any atom is -0.245 e. The van der Waals surface area contributed by atoms with E-state index in [4.69, 9.17) is 0 Å². The summed E-state index contributed by atoms with van der Waals surface area (Å²) in [4.78, 5) is 5.36. The summed E-state index contributed by atoms with van der Waals surface area (Å²) in [5.74, 6) is 0.639. The number of halogens is 2. The molecular formula is C13H11F2NS2. The summed E-state index contributed by atoms with van der Waals surface area (Å²) < 4.78 is 23.8. The van der Waals surface area contributed by atoms with Gasteiger partial charge in [0.2, 0.25) is 0 Å². The summed E-state index contributed by atoms with van der Waals surface area (Å²) in [6, 6.07) is 7.91. The molecule has 0 aliphatic heterocycles. The zero-order valence-electron chi connectivity index (χ0n) is 9.48. The lowest BCUT2D eigenvalue weighted by Gasteiger charge is -2.05. The average Bonchev–Trinajstić information content (AvgIpc) is 2.88. The fourth-order valence-corrected chi connectivity index (χ4v) is 3.16. The highest BCUT2D eigenvalue weighted by Crippen LogP contribution is 2.32. The summed E-state index contributed by atoms with van der Waals surface area (Å²) in [5.41, 5.74) is 1.07. The van der Waals surface area contributed by atoms with Crippen LogP contribution in [0, 0.1) is 0 Å². The van der Waals surface area contributed by atoms with Crippen LogP contribution in [0.1, 0.15) is 6.42 Å². The van der Waals surface area contributed by atoms with Crippen molar-refractivity contribution >= 4 is 23.1 Å². The SMILES string of the molecule is FC(F)=CCCSc1ccccc1-c1nccs1. The van der Waals surface area contributed by atoms with Crippen LogP contribution >= 0.6 is 23.1 Å². The van der Waals surface area contributed by atoms with Crippen molar-refractivity contribution in [3.63, 3.8) is 0 Å². The van der Waals surface area contributed by atoms with Crippen molar-refractivity contribution in [2.45, 2.75) is 11.3 Å². The van der Waals surface area contributed by atoms with Crippen LogP contribution in [0.25, 0.3) is 10.6 Å². The Morgan fingerprint density at radius 2 is 2.17 bits per heavy atom. The summed E-state index contributed by atoms with van der Waals surface area (Å²) in [6.07, 6.45) is 1.49. The molecule has 0 saturated heterocycles. The third-order valence-corrected chi connectivity index (χ3v) is 4.14. The van der Waals surface area contributed by atoms with E-state index >= 15 is 0 Å². The molecule has 2 rings (SSSR count). The lowest BCUT2D eigenvalue weighted by Crippen LogP contribution is -1.83. The molecule has 2 aromatic rings. The van der Waals surface area contributed by atoms with Crippen molar-refractivity contribution in [2.75, 3.05) is 5.75 Å². The maximum atomic E-state index is 11.9. The van der Waals surface area contributed by atoms with E-state index in [2.05, 4.69) is 4.98 Å². The Morgan fingerprint density at radius 3 is 2.89 bits per heavy atom. The van der Waals surface area contributed by atoms with Crippen LogP contribution in [-0.2, 0) is 0 Å². The van der Waals surface area contributed by atoms with Crippen molar-refractivity contribution in [3.05, 3.63) is 48.0 Å². The Hall–Kier alpha value is -1.20. The van der Waals surface area contributed by atoms with E-state index in [9.17, 15) is 8.78 Å². The molecule has 0 bridgehead atoms. The monoisotopic (exact) mass is 283 g/mol. The first-order valence-electron chi connectivity index (χ1n) is 5.40. The first kappa shape index (κ1) is 13.2. The zero-order valence-corrected chi connectivity index (χ0v) is 11.1. The van der Waals surface area contributed by atoms with E-state index in [0.29, 0.717) is 12.2 Å². The standard InChI is InChI=1S/C13H11F2NS2/c14-12(15)6-3-8-17-11-5-2-1-4-10(11)13-16-7-9-18-13/h1-2,4-7,9H,3,8H2.